The molecule has 0 radical (unpaired) electrons. The van der Waals surface area contributed by atoms with E-state index in [1.807, 2.05) is 0 Å². The molecule has 0 nitrogen and oxygen atoms in total. The van der Waals surface area contributed by atoms with Gasteiger partial charge in [-0.3, -0.25) is 0 Å². The highest BCUT2D eigenvalue weighted by molar-refractivity contribution is 5.93. The fourth-order valence-electron chi connectivity index (χ4n) is 8.37. The van der Waals surface area contributed by atoms with E-state index in [-0.39, 0.29) is 5.41 Å². The largest absolute Gasteiger partial charge is 0.0767 e. The van der Waals surface area contributed by atoms with Gasteiger partial charge in [0, 0.05) is 29.1 Å². The van der Waals surface area contributed by atoms with Crippen LogP contribution in [0.4, 0.5) is 0 Å². The Hall–Kier alpha value is -4.68. The molecule has 0 aliphatic heterocycles. The number of rotatable bonds is 2. The highest BCUT2D eigenvalue weighted by Crippen LogP contribution is 2.60. The third-order valence-corrected chi connectivity index (χ3v) is 10.6. The molecule has 0 N–H and O–H groups in total. The van der Waals surface area contributed by atoms with Crippen LogP contribution in [0.1, 0.15) is 19.4 Å². The molecule has 0 heteroatoms. The van der Waals surface area contributed by atoms with E-state index in [1.54, 1.807) is 11.1 Å². The van der Waals surface area contributed by atoms with E-state index in [9.17, 15) is 0 Å². The van der Waals surface area contributed by atoms with Crippen molar-refractivity contribution in [2.45, 2.75) is 13.8 Å². The third-order valence-electron chi connectivity index (χ3n) is 10.6. The van der Waals surface area contributed by atoms with Gasteiger partial charge in [0.05, 0.1) is 0 Å². The van der Waals surface area contributed by atoms with Crippen molar-refractivity contribution >= 4 is 27.1 Å². The predicted octanol–water partition coefficient (Wildman–Crippen LogP) is 11.0. The summed E-state index contributed by atoms with van der Waals surface area (Å²) in [6.07, 6.45) is 26.1. The SMILES string of the molecule is CC1(C)C2=C(C3=C1C=C(c1ccc4cc(-c5ccc6ccccc6c5)ccc4c1)C1C=CC=CC31)C1C=CC=CC1C=C2. The lowest BCUT2D eigenvalue weighted by atomic mass is 9.66. The molecule has 0 aromatic heterocycles. The molecule has 0 bridgehead atoms. The van der Waals surface area contributed by atoms with Crippen molar-refractivity contribution in [1.29, 1.82) is 0 Å². The molecule has 4 unspecified atom stereocenters. The highest BCUT2D eigenvalue weighted by atomic mass is 14.5. The smallest absolute Gasteiger partial charge is 0.0152 e. The second-order valence-corrected chi connectivity index (χ2v) is 13.3. The van der Waals surface area contributed by atoms with Crippen LogP contribution in [-0.2, 0) is 0 Å². The molecule has 4 atom stereocenters. The zero-order chi connectivity index (χ0) is 28.7. The number of fused-ring (bicyclic) bond motifs is 7. The Balaban J connectivity index is 1.14. The molecule has 0 fully saturated rings. The first-order valence-corrected chi connectivity index (χ1v) is 15.7. The minimum atomic E-state index is -0.0159. The van der Waals surface area contributed by atoms with Gasteiger partial charge < -0.3 is 0 Å². The van der Waals surface area contributed by atoms with Crippen molar-refractivity contribution in [3.05, 3.63) is 174 Å². The van der Waals surface area contributed by atoms with E-state index in [1.165, 1.54) is 55.0 Å². The Labute approximate surface area is 254 Å². The molecule has 4 aromatic rings. The summed E-state index contributed by atoms with van der Waals surface area (Å²) in [5, 5.41) is 5.14. The maximum atomic E-state index is 2.56. The Morgan fingerprint density at radius 2 is 1.05 bits per heavy atom. The van der Waals surface area contributed by atoms with Gasteiger partial charge in [-0.05, 0) is 84.3 Å². The summed E-state index contributed by atoms with van der Waals surface area (Å²) in [7, 11) is 0. The Morgan fingerprint density at radius 1 is 0.488 bits per heavy atom. The van der Waals surface area contributed by atoms with Gasteiger partial charge in [0.25, 0.3) is 0 Å². The lowest BCUT2D eigenvalue weighted by Crippen LogP contribution is -2.25. The molecule has 43 heavy (non-hydrogen) atoms. The van der Waals surface area contributed by atoms with Crippen LogP contribution in [0.15, 0.2) is 168 Å². The van der Waals surface area contributed by atoms with Crippen LogP contribution >= 0.6 is 0 Å². The monoisotopic (exact) mass is 550 g/mol. The average Bonchev–Trinajstić information content (AvgIpc) is 3.30. The van der Waals surface area contributed by atoms with Crippen LogP contribution in [0.3, 0.4) is 0 Å². The molecule has 5 aliphatic carbocycles. The van der Waals surface area contributed by atoms with Crippen LogP contribution in [0, 0.1) is 29.1 Å². The fourth-order valence-corrected chi connectivity index (χ4v) is 8.37. The standard InChI is InChI=1S/C43H34/c1-43(2)39-22-21-28-10-5-6-12-35(28)41(39)42-37-14-8-7-13-36(37)38(26-40(42)43)34-20-19-32-24-31(17-18-33(32)25-34)30-16-15-27-9-3-4-11-29(27)23-30/h3-26,28,35-37H,1-2H3. The van der Waals surface area contributed by atoms with Crippen molar-refractivity contribution < 1.29 is 0 Å². The van der Waals surface area contributed by atoms with Gasteiger partial charge in [-0.25, -0.2) is 0 Å². The van der Waals surface area contributed by atoms with Gasteiger partial charge in [-0.2, -0.15) is 0 Å². The number of benzene rings is 4. The van der Waals surface area contributed by atoms with Gasteiger partial charge in [-0.15, -0.1) is 0 Å². The van der Waals surface area contributed by atoms with Crippen molar-refractivity contribution in [1.82, 2.24) is 0 Å². The molecule has 0 spiro atoms. The lowest BCUT2D eigenvalue weighted by Gasteiger charge is -2.37. The maximum absolute atomic E-state index is 2.56. The van der Waals surface area contributed by atoms with Gasteiger partial charge in [0.1, 0.15) is 0 Å². The van der Waals surface area contributed by atoms with Crippen LogP contribution < -0.4 is 0 Å². The van der Waals surface area contributed by atoms with Gasteiger partial charge in [-0.1, -0.05) is 141 Å². The quantitative estimate of drug-likeness (QED) is 0.233. The molecule has 0 saturated carbocycles. The minimum absolute atomic E-state index is 0.0159. The number of hydrogen-bond donors (Lipinski definition) is 0. The van der Waals surface area contributed by atoms with E-state index in [2.05, 4.69) is 160 Å². The zero-order valence-corrected chi connectivity index (χ0v) is 24.7. The van der Waals surface area contributed by atoms with Crippen molar-refractivity contribution in [2.24, 2.45) is 29.1 Å². The van der Waals surface area contributed by atoms with Crippen LogP contribution in [0.2, 0.25) is 0 Å². The summed E-state index contributed by atoms with van der Waals surface area (Å²) in [5.74, 6) is 1.60. The van der Waals surface area contributed by atoms with E-state index in [0.717, 1.165) is 0 Å². The summed E-state index contributed by atoms with van der Waals surface area (Å²) >= 11 is 0. The molecule has 0 saturated heterocycles. The third kappa shape index (κ3) is 3.69. The van der Waals surface area contributed by atoms with Crippen molar-refractivity contribution in [3.63, 3.8) is 0 Å². The predicted molar refractivity (Wildman–Crippen MR) is 182 cm³/mol. The van der Waals surface area contributed by atoms with E-state index < -0.39 is 0 Å². The highest BCUT2D eigenvalue weighted by Gasteiger charge is 2.48. The summed E-state index contributed by atoms with van der Waals surface area (Å²) in [6, 6.07) is 29.4. The lowest BCUT2D eigenvalue weighted by molar-refractivity contribution is 0.551. The molecule has 4 aromatic carbocycles. The minimum Gasteiger partial charge on any atom is -0.0767 e. The molecule has 0 amide bonds. The Bertz CT molecular complexity index is 2110. The second-order valence-electron chi connectivity index (χ2n) is 13.3. The summed E-state index contributed by atoms with van der Waals surface area (Å²) in [4.78, 5) is 0. The first kappa shape index (κ1) is 24.9. The molecule has 9 rings (SSSR count). The first-order valence-electron chi connectivity index (χ1n) is 15.7. The van der Waals surface area contributed by atoms with E-state index in [4.69, 9.17) is 0 Å². The van der Waals surface area contributed by atoms with Crippen molar-refractivity contribution in [3.8, 4) is 11.1 Å². The zero-order valence-electron chi connectivity index (χ0n) is 24.7. The summed E-state index contributed by atoms with van der Waals surface area (Å²) < 4.78 is 0. The molecular weight excluding hydrogens is 516 g/mol. The van der Waals surface area contributed by atoms with Crippen LogP contribution in [0.25, 0.3) is 38.2 Å². The Morgan fingerprint density at radius 3 is 1.81 bits per heavy atom. The maximum Gasteiger partial charge on any atom is 0.0152 e. The van der Waals surface area contributed by atoms with Crippen molar-refractivity contribution in [2.75, 3.05) is 0 Å². The van der Waals surface area contributed by atoms with E-state index in [0.29, 0.717) is 23.7 Å². The topological polar surface area (TPSA) is 0 Å². The molecule has 5 aliphatic rings. The Kier molecular flexibility index (Phi) is 5.30. The average molecular weight is 551 g/mol. The van der Waals surface area contributed by atoms with Gasteiger partial charge >= 0.3 is 0 Å². The molecule has 206 valence electrons. The van der Waals surface area contributed by atoms with Crippen LogP contribution in [-0.4, -0.2) is 0 Å². The normalized spacial score (nSPS) is 26.0. The second kappa shape index (κ2) is 9.16. The number of hydrogen-bond acceptors (Lipinski definition) is 0. The van der Waals surface area contributed by atoms with E-state index >= 15 is 0 Å². The fraction of sp³-hybridized carbons (Fsp3) is 0.163. The van der Waals surface area contributed by atoms with Gasteiger partial charge in [0.15, 0.2) is 0 Å². The molecular formula is C43H34. The first-order chi connectivity index (χ1) is 21.1. The summed E-state index contributed by atoms with van der Waals surface area (Å²) in [5.41, 5.74) is 11.5. The summed E-state index contributed by atoms with van der Waals surface area (Å²) in [6.45, 7) is 4.87. The number of allylic oxidation sites excluding steroid dienone is 16. The van der Waals surface area contributed by atoms with Gasteiger partial charge in [0.2, 0.25) is 0 Å². The van der Waals surface area contributed by atoms with Crippen LogP contribution in [0.5, 0.6) is 0 Å². The molecule has 0 heterocycles.